The summed E-state index contributed by atoms with van der Waals surface area (Å²) in [5.41, 5.74) is 3.22. The Labute approximate surface area is 146 Å². The molecule has 5 nitrogen and oxygen atoms in total. The van der Waals surface area contributed by atoms with Gasteiger partial charge in [0.25, 0.3) is 0 Å². The largest absolute Gasteiger partial charge is 0.343 e. The van der Waals surface area contributed by atoms with Crippen LogP contribution < -0.4 is 5.69 Å². The van der Waals surface area contributed by atoms with Crippen LogP contribution in [0, 0.1) is 11.3 Å². The predicted molar refractivity (Wildman–Crippen MR) is 97.2 cm³/mol. The Morgan fingerprint density at radius 3 is 2.72 bits per heavy atom. The molecule has 0 spiro atoms. The first-order chi connectivity index (χ1) is 12.2. The molecule has 0 fully saturated rings. The number of H-pyrrole nitrogens is 1. The van der Waals surface area contributed by atoms with E-state index in [9.17, 15) is 10.1 Å². The van der Waals surface area contributed by atoms with Crippen molar-refractivity contribution in [1.82, 2.24) is 14.8 Å². The second kappa shape index (κ2) is 7.63. The quantitative estimate of drug-likeness (QED) is 0.750. The zero-order chi connectivity index (χ0) is 17.6. The van der Waals surface area contributed by atoms with Gasteiger partial charge in [-0.2, -0.15) is 10.4 Å². The first-order valence-electron chi connectivity index (χ1n) is 8.45. The third kappa shape index (κ3) is 3.69. The van der Waals surface area contributed by atoms with E-state index in [2.05, 4.69) is 23.2 Å². The number of hydrogen-bond acceptors (Lipinski definition) is 3. The number of unbranched alkanes of at least 4 members (excludes halogenated alkanes) is 1. The average Bonchev–Trinajstić information content (AvgIpc) is 3.00. The summed E-state index contributed by atoms with van der Waals surface area (Å²) in [4.78, 5) is 12.0. The molecule has 0 bridgehead atoms. The molecule has 0 saturated heterocycles. The molecule has 1 heterocycles. The van der Waals surface area contributed by atoms with Crippen LogP contribution in [0.4, 0.5) is 0 Å². The third-order valence-corrected chi connectivity index (χ3v) is 4.22. The van der Waals surface area contributed by atoms with E-state index in [4.69, 9.17) is 0 Å². The maximum atomic E-state index is 12.0. The molecule has 2 aromatic carbocycles. The van der Waals surface area contributed by atoms with Crippen LogP contribution in [0.3, 0.4) is 0 Å². The fraction of sp³-hybridized carbons (Fsp3) is 0.250. The van der Waals surface area contributed by atoms with Gasteiger partial charge in [0, 0.05) is 6.42 Å². The molecular formula is C20H20N4O. The second-order valence-corrected chi connectivity index (χ2v) is 5.99. The number of rotatable bonds is 6. The average molecular weight is 332 g/mol. The summed E-state index contributed by atoms with van der Waals surface area (Å²) in [6.07, 6.45) is 2.80. The number of aromatic nitrogens is 3. The fourth-order valence-electron chi connectivity index (χ4n) is 2.87. The van der Waals surface area contributed by atoms with Gasteiger partial charge in [-0.1, -0.05) is 55.8 Å². The van der Waals surface area contributed by atoms with Gasteiger partial charge in [0.1, 0.15) is 5.82 Å². The van der Waals surface area contributed by atoms with Crippen LogP contribution in [-0.2, 0) is 13.0 Å². The molecule has 0 unspecified atom stereocenters. The number of nitriles is 1. The number of hydrogen-bond donors (Lipinski definition) is 1. The minimum Gasteiger partial charge on any atom is -0.275 e. The molecule has 0 atom stereocenters. The highest BCUT2D eigenvalue weighted by molar-refractivity contribution is 5.70. The van der Waals surface area contributed by atoms with Crippen LogP contribution in [0.1, 0.15) is 36.7 Å². The lowest BCUT2D eigenvalue weighted by molar-refractivity contribution is 0.666. The molecule has 3 aromatic rings. The van der Waals surface area contributed by atoms with E-state index in [1.807, 2.05) is 48.5 Å². The van der Waals surface area contributed by atoms with Gasteiger partial charge in [-0.05, 0) is 29.2 Å². The lowest BCUT2D eigenvalue weighted by Crippen LogP contribution is -2.19. The Bertz CT molecular complexity index is 948. The van der Waals surface area contributed by atoms with E-state index in [1.165, 1.54) is 0 Å². The molecule has 1 N–H and O–H groups in total. The predicted octanol–water partition coefficient (Wildman–Crippen LogP) is 3.50. The van der Waals surface area contributed by atoms with Gasteiger partial charge in [-0.3, -0.25) is 4.57 Å². The summed E-state index contributed by atoms with van der Waals surface area (Å²) in [6.45, 7) is 2.52. The van der Waals surface area contributed by atoms with Crippen molar-refractivity contribution < 1.29 is 0 Å². The van der Waals surface area contributed by atoms with Crippen molar-refractivity contribution in [2.45, 2.75) is 32.7 Å². The van der Waals surface area contributed by atoms with Crippen molar-refractivity contribution in [2.24, 2.45) is 0 Å². The Morgan fingerprint density at radius 1 is 1.20 bits per heavy atom. The molecule has 1 aromatic heterocycles. The SMILES string of the molecule is CCCCc1n[nH]c(=O)n1Cc1ccc(-c2ccccc2)c(C#N)c1. The van der Waals surface area contributed by atoms with Crippen molar-refractivity contribution in [3.63, 3.8) is 0 Å². The maximum absolute atomic E-state index is 12.0. The Kier molecular flexibility index (Phi) is 5.10. The Hall–Kier alpha value is -3.13. The molecule has 5 heteroatoms. The van der Waals surface area contributed by atoms with Gasteiger partial charge in [-0.15, -0.1) is 0 Å². The van der Waals surface area contributed by atoms with E-state index in [1.54, 1.807) is 4.57 Å². The Balaban J connectivity index is 1.92. The van der Waals surface area contributed by atoms with Crippen molar-refractivity contribution in [1.29, 1.82) is 5.26 Å². The monoisotopic (exact) mass is 332 g/mol. The topological polar surface area (TPSA) is 74.5 Å². The molecule has 0 aliphatic carbocycles. The normalized spacial score (nSPS) is 10.6. The van der Waals surface area contributed by atoms with E-state index in [0.717, 1.165) is 41.8 Å². The molecule has 0 radical (unpaired) electrons. The first-order valence-corrected chi connectivity index (χ1v) is 8.45. The van der Waals surface area contributed by atoms with Crippen LogP contribution in [0.25, 0.3) is 11.1 Å². The molecule has 0 aliphatic rings. The number of aromatic amines is 1. The van der Waals surface area contributed by atoms with Crippen LogP contribution in [0.15, 0.2) is 53.3 Å². The van der Waals surface area contributed by atoms with Crippen molar-refractivity contribution in [3.05, 3.63) is 76.0 Å². The highest BCUT2D eigenvalue weighted by Crippen LogP contribution is 2.24. The van der Waals surface area contributed by atoms with Gasteiger partial charge in [0.05, 0.1) is 18.2 Å². The minimum absolute atomic E-state index is 0.211. The smallest absolute Gasteiger partial charge is 0.275 e. The van der Waals surface area contributed by atoms with Crippen LogP contribution in [-0.4, -0.2) is 14.8 Å². The lowest BCUT2D eigenvalue weighted by atomic mass is 9.98. The zero-order valence-electron chi connectivity index (χ0n) is 14.2. The standard InChI is InChI=1S/C20H20N4O/c1-2-3-9-19-22-23-20(25)24(19)14-15-10-11-18(17(12-15)13-21)16-7-5-4-6-8-16/h4-8,10-12H,2-3,9,14H2,1H3,(H,23,25). The Morgan fingerprint density at radius 2 is 2.00 bits per heavy atom. The molecule has 126 valence electrons. The summed E-state index contributed by atoms with van der Waals surface area (Å²) in [7, 11) is 0. The highest BCUT2D eigenvalue weighted by Gasteiger charge is 2.11. The van der Waals surface area contributed by atoms with E-state index in [-0.39, 0.29) is 5.69 Å². The lowest BCUT2D eigenvalue weighted by Gasteiger charge is -2.09. The maximum Gasteiger partial charge on any atom is 0.343 e. The van der Waals surface area contributed by atoms with Gasteiger partial charge in [0.2, 0.25) is 0 Å². The molecule has 0 saturated carbocycles. The van der Waals surface area contributed by atoms with Crippen LogP contribution in [0.5, 0.6) is 0 Å². The summed E-state index contributed by atoms with van der Waals surface area (Å²) >= 11 is 0. The second-order valence-electron chi connectivity index (χ2n) is 5.99. The fourth-order valence-corrected chi connectivity index (χ4v) is 2.87. The molecule has 0 aliphatic heterocycles. The molecule has 0 amide bonds. The summed E-state index contributed by atoms with van der Waals surface area (Å²) < 4.78 is 1.65. The summed E-state index contributed by atoms with van der Waals surface area (Å²) in [6, 6.07) is 17.9. The molecular weight excluding hydrogens is 312 g/mol. The zero-order valence-corrected chi connectivity index (χ0v) is 14.2. The summed E-state index contributed by atoms with van der Waals surface area (Å²) in [5, 5.41) is 16.2. The van der Waals surface area contributed by atoms with E-state index in [0.29, 0.717) is 12.1 Å². The van der Waals surface area contributed by atoms with Gasteiger partial charge < -0.3 is 0 Å². The number of nitrogens with one attached hydrogen (secondary N) is 1. The molecule has 25 heavy (non-hydrogen) atoms. The van der Waals surface area contributed by atoms with Crippen LogP contribution in [0.2, 0.25) is 0 Å². The summed E-state index contributed by atoms with van der Waals surface area (Å²) in [5.74, 6) is 0.762. The third-order valence-electron chi connectivity index (χ3n) is 4.22. The van der Waals surface area contributed by atoms with Crippen LogP contribution >= 0.6 is 0 Å². The van der Waals surface area contributed by atoms with Gasteiger partial charge in [0.15, 0.2) is 0 Å². The van der Waals surface area contributed by atoms with Crippen molar-refractivity contribution >= 4 is 0 Å². The van der Waals surface area contributed by atoms with Crippen molar-refractivity contribution in [3.8, 4) is 17.2 Å². The van der Waals surface area contributed by atoms with Gasteiger partial charge in [-0.25, -0.2) is 9.89 Å². The molecule has 3 rings (SSSR count). The highest BCUT2D eigenvalue weighted by atomic mass is 16.1. The number of benzene rings is 2. The van der Waals surface area contributed by atoms with E-state index < -0.39 is 0 Å². The first kappa shape index (κ1) is 16.7. The number of aryl methyl sites for hydroxylation is 1. The minimum atomic E-state index is -0.211. The number of nitrogens with zero attached hydrogens (tertiary/aromatic N) is 3. The van der Waals surface area contributed by atoms with Crippen molar-refractivity contribution in [2.75, 3.05) is 0 Å². The van der Waals surface area contributed by atoms with E-state index >= 15 is 0 Å². The van der Waals surface area contributed by atoms with Gasteiger partial charge >= 0.3 is 5.69 Å².